The first-order valence-corrected chi connectivity index (χ1v) is 8.29. The molecule has 2 aliphatic heterocycles. The molecular formula is C16H24N4O3. The molecule has 2 aliphatic rings. The lowest BCUT2D eigenvalue weighted by Crippen LogP contribution is -2.47. The van der Waals surface area contributed by atoms with Crippen molar-refractivity contribution in [2.24, 2.45) is 0 Å². The normalized spacial score (nSPS) is 20.0. The molecular weight excluding hydrogens is 296 g/mol. The Labute approximate surface area is 136 Å². The number of rotatable bonds is 4. The molecule has 0 aromatic carbocycles. The van der Waals surface area contributed by atoms with Gasteiger partial charge in [0.15, 0.2) is 5.79 Å². The summed E-state index contributed by atoms with van der Waals surface area (Å²) in [7, 11) is 0. The Morgan fingerprint density at radius 3 is 2.65 bits per heavy atom. The lowest BCUT2D eigenvalue weighted by atomic mass is 10.0. The third kappa shape index (κ3) is 3.61. The van der Waals surface area contributed by atoms with Gasteiger partial charge in [0.1, 0.15) is 5.69 Å². The Hall–Kier alpha value is -1.73. The zero-order chi connectivity index (χ0) is 16.3. The molecule has 7 nitrogen and oxygen atoms in total. The fourth-order valence-electron chi connectivity index (χ4n) is 2.99. The van der Waals surface area contributed by atoms with Gasteiger partial charge in [0, 0.05) is 38.2 Å². The van der Waals surface area contributed by atoms with E-state index in [0.29, 0.717) is 50.8 Å². The fourth-order valence-corrected chi connectivity index (χ4v) is 2.99. The van der Waals surface area contributed by atoms with Gasteiger partial charge < -0.3 is 19.7 Å². The van der Waals surface area contributed by atoms with E-state index in [9.17, 15) is 4.79 Å². The maximum Gasteiger partial charge on any atom is 0.272 e. The molecule has 2 fully saturated rings. The van der Waals surface area contributed by atoms with Gasteiger partial charge in [-0.25, -0.2) is 9.97 Å². The summed E-state index contributed by atoms with van der Waals surface area (Å²) in [5.74, 6) is 0.000638. The average Bonchev–Trinajstić information content (AvgIpc) is 3.00. The zero-order valence-electron chi connectivity index (χ0n) is 13.8. The largest absolute Gasteiger partial charge is 0.354 e. The van der Waals surface area contributed by atoms with Crippen LogP contribution in [0.2, 0.25) is 0 Å². The van der Waals surface area contributed by atoms with E-state index in [2.05, 4.69) is 22.2 Å². The van der Waals surface area contributed by atoms with E-state index < -0.39 is 5.79 Å². The molecule has 23 heavy (non-hydrogen) atoms. The number of aromatic nitrogens is 2. The van der Waals surface area contributed by atoms with Crippen LogP contribution in [-0.4, -0.2) is 59.4 Å². The molecule has 0 aliphatic carbocycles. The average molecular weight is 320 g/mol. The molecule has 1 N–H and O–H groups in total. The molecule has 2 saturated heterocycles. The first-order valence-electron chi connectivity index (χ1n) is 8.29. The first-order chi connectivity index (χ1) is 11.1. The van der Waals surface area contributed by atoms with Gasteiger partial charge in [0.25, 0.3) is 5.91 Å². The minimum absolute atomic E-state index is 0.0529. The Kier molecular flexibility index (Phi) is 4.77. The Bertz CT molecular complexity index is 562. The summed E-state index contributed by atoms with van der Waals surface area (Å²) < 4.78 is 11.4. The van der Waals surface area contributed by atoms with E-state index in [-0.39, 0.29) is 5.91 Å². The quantitative estimate of drug-likeness (QED) is 0.908. The lowest BCUT2D eigenvalue weighted by molar-refractivity contribution is -0.181. The second-order valence-electron chi connectivity index (χ2n) is 6.04. The summed E-state index contributed by atoms with van der Waals surface area (Å²) in [4.78, 5) is 23.2. The number of nitrogens with one attached hydrogen (secondary N) is 1. The molecule has 0 radical (unpaired) electrons. The van der Waals surface area contributed by atoms with E-state index in [1.54, 1.807) is 6.07 Å². The van der Waals surface area contributed by atoms with Crippen molar-refractivity contribution in [2.45, 2.75) is 38.9 Å². The monoisotopic (exact) mass is 320 g/mol. The number of piperidine rings is 1. The van der Waals surface area contributed by atoms with Crippen molar-refractivity contribution in [3.05, 3.63) is 17.5 Å². The molecule has 0 bridgehead atoms. The molecule has 0 saturated carbocycles. The highest BCUT2D eigenvalue weighted by atomic mass is 16.7. The van der Waals surface area contributed by atoms with Gasteiger partial charge >= 0.3 is 0 Å². The van der Waals surface area contributed by atoms with Crippen LogP contribution in [-0.2, 0) is 9.47 Å². The standard InChI is InChI=1S/C16H24N4O3/c1-3-6-17-15-18-12(2)11-13(19-15)14(21)20-7-4-16(5-8-20)22-9-10-23-16/h11H,3-10H2,1-2H3,(H,17,18,19). The van der Waals surface area contributed by atoms with E-state index in [1.165, 1.54) is 0 Å². The molecule has 126 valence electrons. The summed E-state index contributed by atoms with van der Waals surface area (Å²) >= 11 is 0. The molecule has 0 atom stereocenters. The summed E-state index contributed by atoms with van der Waals surface area (Å²) in [6.07, 6.45) is 2.41. The fraction of sp³-hybridized carbons (Fsp3) is 0.688. The second kappa shape index (κ2) is 6.80. The first kappa shape index (κ1) is 16.1. The Morgan fingerprint density at radius 1 is 1.30 bits per heavy atom. The van der Waals surface area contributed by atoms with Gasteiger partial charge in [0.05, 0.1) is 13.2 Å². The van der Waals surface area contributed by atoms with Crippen molar-refractivity contribution in [3.63, 3.8) is 0 Å². The van der Waals surface area contributed by atoms with Crippen LogP contribution in [0.5, 0.6) is 0 Å². The smallest absolute Gasteiger partial charge is 0.272 e. The van der Waals surface area contributed by atoms with Gasteiger partial charge in [-0.05, 0) is 19.4 Å². The number of carbonyl (C=O) groups excluding carboxylic acids is 1. The number of anilines is 1. The molecule has 0 unspecified atom stereocenters. The molecule has 3 heterocycles. The highest BCUT2D eigenvalue weighted by Crippen LogP contribution is 2.31. The number of carbonyl (C=O) groups is 1. The van der Waals surface area contributed by atoms with Crippen molar-refractivity contribution < 1.29 is 14.3 Å². The van der Waals surface area contributed by atoms with Crippen LogP contribution in [0.15, 0.2) is 6.07 Å². The summed E-state index contributed by atoms with van der Waals surface area (Å²) in [5.41, 5.74) is 1.23. The van der Waals surface area contributed by atoms with Crippen molar-refractivity contribution in [2.75, 3.05) is 38.2 Å². The summed E-state index contributed by atoms with van der Waals surface area (Å²) in [6, 6.07) is 1.74. The predicted molar refractivity (Wildman–Crippen MR) is 85.3 cm³/mol. The zero-order valence-corrected chi connectivity index (χ0v) is 13.8. The van der Waals surface area contributed by atoms with Crippen LogP contribution in [0.1, 0.15) is 42.4 Å². The van der Waals surface area contributed by atoms with Crippen LogP contribution in [0.4, 0.5) is 5.95 Å². The van der Waals surface area contributed by atoms with E-state index >= 15 is 0 Å². The minimum Gasteiger partial charge on any atom is -0.354 e. The second-order valence-corrected chi connectivity index (χ2v) is 6.04. The number of likely N-dealkylation sites (tertiary alicyclic amines) is 1. The maximum absolute atomic E-state index is 12.7. The van der Waals surface area contributed by atoms with Crippen LogP contribution in [0.25, 0.3) is 0 Å². The minimum atomic E-state index is -0.466. The van der Waals surface area contributed by atoms with Crippen LogP contribution < -0.4 is 5.32 Å². The Balaban J connectivity index is 1.67. The lowest BCUT2D eigenvalue weighted by Gasteiger charge is -2.37. The molecule has 1 spiro atoms. The molecule has 1 amide bonds. The van der Waals surface area contributed by atoms with E-state index in [1.807, 2.05) is 11.8 Å². The molecule has 7 heteroatoms. The van der Waals surface area contributed by atoms with E-state index in [4.69, 9.17) is 9.47 Å². The van der Waals surface area contributed by atoms with Gasteiger partial charge in [-0.15, -0.1) is 0 Å². The van der Waals surface area contributed by atoms with Gasteiger partial charge in [-0.3, -0.25) is 4.79 Å². The molecule has 3 rings (SSSR count). The predicted octanol–water partition coefficient (Wildman–Crippen LogP) is 1.59. The number of hydrogen-bond acceptors (Lipinski definition) is 6. The summed E-state index contributed by atoms with van der Waals surface area (Å²) in [5, 5.41) is 3.14. The van der Waals surface area contributed by atoms with Gasteiger partial charge in [-0.2, -0.15) is 0 Å². The van der Waals surface area contributed by atoms with Crippen molar-refractivity contribution in [1.29, 1.82) is 0 Å². The van der Waals surface area contributed by atoms with Crippen molar-refractivity contribution >= 4 is 11.9 Å². The third-order valence-corrected chi connectivity index (χ3v) is 4.23. The number of hydrogen-bond donors (Lipinski definition) is 1. The molecule has 1 aromatic heterocycles. The molecule has 1 aromatic rings. The number of ether oxygens (including phenoxy) is 2. The van der Waals surface area contributed by atoms with Crippen LogP contribution in [0.3, 0.4) is 0 Å². The van der Waals surface area contributed by atoms with E-state index in [0.717, 1.165) is 18.7 Å². The van der Waals surface area contributed by atoms with Gasteiger partial charge in [-0.1, -0.05) is 6.92 Å². The summed E-state index contributed by atoms with van der Waals surface area (Å²) in [6.45, 7) is 7.28. The topological polar surface area (TPSA) is 76.6 Å². The van der Waals surface area contributed by atoms with Crippen molar-refractivity contribution in [3.8, 4) is 0 Å². The number of nitrogens with zero attached hydrogens (tertiary/aromatic N) is 3. The third-order valence-electron chi connectivity index (χ3n) is 4.23. The van der Waals surface area contributed by atoms with Crippen LogP contribution in [0, 0.1) is 6.92 Å². The van der Waals surface area contributed by atoms with Gasteiger partial charge in [0.2, 0.25) is 5.95 Å². The number of aryl methyl sites for hydroxylation is 1. The van der Waals surface area contributed by atoms with Crippen molar-refractivity contribution in [1.82, 2.24) is 14.9 Å². The SMILES string of the molecule is CCCNc1nc(C)cc(C(=O)N2CCC3(CC2)OCCO3)n1. The highest BCUT2D eigenvalue weighted by molar-refractivity contribution is 5.92. The highest BCUT2D eigenvalue weighted by Gasteiger charge is 2.41. The maximum atomic E-state index is 12.7. The number of amides is 1. The van der Waals surface area contributed by atoms with Crippen LogP contribution >= 0.6 is 0 Å². The Morgan fingerprint density at radius 2 is 2.00 bits per heavy atom.